The van der Waals surface area contributed by atoms with Gasteiger partial charge >= 0.3 is 6.03 Å². The number of anilines is 2. The summed E-state index contributed by atoms with van der Waals surface area (Å²) in [5, 5.41) is 13.6. The Hall–Kier alpha value is -2.33. The molecule has 2 rings (SSSR count). The van der Waals surface area contributed by atoms with Crippen molar-refractivity contribution in [1.82, 2.24) is 15.1 Å². The summed E-state index contributed by atoms with van der Waals surface area (Å²) in [7, 11) is 1.58. The SMILES string of the molecule is CCN(CC)C(=O)CSc1nnc(NC(=O)Nc2ccc(OC)cc2)s1. The van der Waals surface area contributed by atoms with Crippen LogP contribution in [0.4, 0.5) is 15.6 Å². The molecular formula is C16H21N5O3S2. The van der Waals surface area contributed by atoms with E-state index in [1.54, 1.807) is 36.3 Å². The molecule has 10 heteroatoms. The monoisotopic (exact) mass is 395 g/mol. The first kappa shape index (κ1) is 20.0. The van der Waals surface area contributed by atoms with E-state index in [-0.39, 0.29) is 5.91 Å². The number of thioether (sulfide) groups is 1. The predicted octanol–water partition coefficient (Wildman–Crippen LogP) is 3.15. The largest absolute Gasteiger partial charge is 0.497 e. The fourth-order valence-electron chi connectivity index (χ4n) is 2.04. The molecule has 2 aromatic rings. The number of hydrogen-bond donors (Lipinski definition) is 2. The second kappa shape index (κ2) is 9.97. The zero-order chi connectivity index (χ0) is 18.9. The third kappa shape index (κ3) is 5.88. The van der Waals surface area contributed by atoms with Gasteiger partial charge in [-0.25, -0.2) is 4.79 Å². The van der Waals surface area contributed by atoms with Crippen molar-refractivity contribution >= 4 is 45.9 Å². The zero-order valence-electron chi connectivity index (χ0n) is 14.8. The maximum Gasteiger partial charge on any atom is 0.325 e. The van der Waals surface area contributed by atoms with Crippen LogP contribution in [-0.2, 0) is 4.79 Å². The van der Waals surface area contributed by atoms with Gasteiger partial charge in [-0.05, 0) is 38.1 Å². The number of benzene rings is 1. The number of nitrogens with zero attached hydrogens (tertiary/aromatic N) is 3. The van der Waals surface area contributed by atoms with Crippen LogP contribution in [0.15, 0.2) is 28.6 Å². The van der Waals surface area contributed by atoms with E-state index in [4.69, 9.17) is 4.74 Å². The molecule has 0 unspecified atom stereocenters. The number of rotatable bonds is 8. The molecule has 0 saturated heterocycles. The van der Waals surface area contributed by atoms with E-state index in [2.05, 4.69) is 20.8 Å². The van der Waals surface area contributed by atoms with Crippen LogP contribution in [0, 0.1) is 0 Å². The minimum Gasteiger partial charge on any atom is -0.497 e. The Bertz CT molecular complexity index is 732. The van der Waals surface area contributed by atoms with Gasteiger partial charge in [0, 0.05) is 18.8 Å². The van der Waals surface area contributed by atoms with Gasteiger partial charge in [0.05, 0.1) is 12.9 Å². The average molecular weight is 396 g/mol. The fourth-order valence-corrected chi connectivity index (χ4v) is 3.69. The summed E-state index contributed by atoms with van der Waals surface area (Å²) >= 11 is 2.54. The Labute approximate surface area is 160 Å². The predicted molar refractivity (Wildman–Crippen MR) is 104 cm³/mol. The van der Waals surface area contributed by atoms with Crippen molar-refractivity contribution < 1.29 is 14.3 Å². The van der Waals surface area contributed by atoms with Crippen LogP contribution in [0.25, 0.3) is 0 Å². The van der Waals surface area contributed by atoms with Crippen molar-refractivity contribution in [3.63, 3.8) is 0 Å². The van der Waals surface area contributed by atoms with Gasteiger partial charge in [-0.3, -0.25) is 10.1 Å². The normalized spacial score (nSPS) is 10.3. The standard InChI is InChI=1S/C16H21N5O3S2/c1-4-21(5-2)13(22)10-25-16-20-19-15(26-16)18-14(23)17-11-6-8-12(24-3)9-7-11/h6-9H,4-5,10H2,1-3H3,(H2,17,18,19,23). The first-order chi connectivity index (χ1) is 12.5. The van der Waals surface area contributed by atoms with Crippen LogP contribution in [0.3, 0.4) is 0 Å². The molecule has 0 bridgehead atoms. The second-order valence-corrected chi connectivity index (χ2v) is 7.24. The fraction of sp³-hybridized carbons (Fsp3) is 0.375. The Morgan fingerprint density at radius 1 is 1.15 bits per heavy atom. The number of nitrogens with one attached hydrogen (secondary N) is 2. The molecular weight excluding hydrogens is 374 g/mol. The maximum atomic E-state index is 12.0. The summed E-state index contributed by atoms with van der Waals surface area (Å²) < 4.78 is 5.70. The lowest BCUT2D eigenvalue weighted by atomic mass is 10.3. The number of methoxy groups -OCH3 is 1. The van der Waals surface area contributed by atoms with Crippen molar-refractivity contribution in [2.24, 2.45) is 0 Å². The molecule has 0 saturated carbocycles. The summed E-state index contributed by atoms with van der Waals surface area (Å²) in [5.74, 6) is 1.07. The van der Waals surface area contributed by atoms with Gasteiger partial charge in [-0.15, -0.1) is 10.2 Å². The highest BCUT2D eigenvalue weighted by atomic mass is 32.2. The Balaban J connectivity index is 1.83. The number of urea groups is 1. The van der Waals surface area contributed by atoms with Crippen LogP contribution < -0.4 is 15.4 Å². The van der Waals surface area contributed by atoms with Gasteiger partial charge < -0.3 is 15.0 Å². The third-order valence-electron chi connectivity index (χ3n) is 3.41. The van der Waals surface area contributed by atoms with E-state index < -0.39 is 6.03 Å². The lowest BCUT2D eigenvalue weighted by Gasteiger charge is -2.17. The van der Waals surface area contributed by atoms with Crippen molar-refractivity contribution in [2.45, 2.75) is 18.2 Å². The van der Waals surface area contributed by atoms with Crippen LogP contribution in [-0.4, -0.2) is 53.0 Å². The summed E-state index contributed by atoms with van der Waals surface area (Å²) in [6.45, 7) is 5.26. The summed E-state index contributed by atoms with van der Waals surface area (Å²) in [4.78, 5) is 25.7. The van der Waals surface area contributed by atoms with E-state index in [1.807, 2.05) is 13.8 Å². The van der Waals surface area contributed by atoms with Gasteiger partial charge in [0.1, 0.15) is 5.75 Å². The van der Waals surface area contributed by atoms with Gasteiger partial charge in [-0.1, -0.05) is 23.1 Å². The van der Waals surface area contributed by atoms with Crippen molar-refractivity contribution in [2.75, 3.05) is 36.6 Å². The average Bonchev–Trinajstić information content (AvgIpc) is 3.08. The van der Waals surface area contributed by atoms with Gasteiger partial charge in [-0.2, -0.15) is 0 Å². The van der Waals surface area contributed by atoms with E-state index in [0.29, 0.717) is 39.8 Å². The highest BCUT2D eigenvalue weighted by Gasteiger charge is 2.13. The third-order valence-corrected chi connectivity index (χ3v) is 5.37. The molecule has 140 valence electrons. The van der Waals surface area contributed by atoms with Gasteiger partial charge in [0.15, 0.2) is 4.34 Å². The molecule has 0 aliphatic heterocycles. The van der Waals surface area contributed by atoms with Gasteiger partial charge in [0.25, 0.3) is 0 Å². The second-order valence-electron chi connectivity index (χ2n) is 5.04. The first-order valence-electron chi connectivity index (χ1n) is 8.01. The molecule has 2 N–H and O–H groups in total. The topological polar surface area (TPSA) is 96.5 Å². The van der Waals surface area contributed by atoms with Crippen LogP contribution in [0.1, 0.15) is 13.8 Å². The molecule has 3 amide bonds. The molecule has 26 heavy (non-hydrogen) atoms. The zero-order valence-corrected chi connectivity index (χ0v) is 16.4. The number of ether oxygens (including phenoxy) is 1. The number of carbonyl (C=O) groups excluding carboxylic acids is 2. The van der Waals surface area contributed by atoms with Crippen LogP contribution >= 0.6 is 23.1 Å². The Kier molecular flexibility index (Phi) is 7.67. The summed E-state index contributed by atoms with van der Waals surface area (Å²) in [6, 6.07) is 6.56. The maximum absolute atomic E-state index is 12.0. The molecule has 8 nitrogen and oxygen atoms in total. The van der Waals surface area contributed by atoms with E-state index >= 15 is 0 Å². The highest BCUT2D eigenvalue weighted by molar-refractivity contribution is 8.01. The van der Waals surface area contributed by atoms with E-state index in [0.717, 1.165) is 0 Å². The molecule has 1 aromatic carbocycles. The Morgan fingerprint density at radius 2 is 1.85 bits per heavy atom. The van der Waals surface area contributed by atoms with Crippen molar-refractivity contribution in [3.05, 3.63) is 24.3 Å². The quantitative estimate of drug-likeness (QED) is 0.526. The minimum atomic E-state index is -0.415. The molecule has 0 fully saturated rings. The smallest absolute Gasteiger partial charge is 0.325 e. The lowest BCUT2D eigenvalue weighted by Crippen LogP contribution is -2.31. The Morgan fingerprint density at radius 3 is 2.46 bits per heavy atom. The van der Waals surface area contributed by atoms with Gasteiger partial charge in [0.2, 0.25) is 11.0 Å². The van der Waals surface area contributed by atoms with E-state index in [9.17, 15) is 9.59 Å². The van der Waals surface area contributed by atoms with E-state index in [1.165, 1.54) is 23.1 Å². The van der Waals surface area contributed by atoms with Crippen molar-refractivity contribution in [1.29, 1.82) is 0 Å². The molecule has 1 heterocycles. The number of amides is 3. The van der Waals surface area contributed by atoms with Crippen LogP contribution in [0.5, 0.6) is 5.75 Å². The minimum absolute atomic E-state index is 0.0574. The van der Waals surface area contributed by atoms with Crippen molar-refractivity contribution in [3.8, 4) is 5.75 Å². The lowest BCUT2D eigenvalue weighted by molar-refractivity contribution is -0.127. The molecule has 0 spiro atoms. The molecule has 0 aliphatic carbocycles. The number of aromatic nitrogens is 2. The molecule has 0 aliphatic rings. The molecule has 1 aromatic heterocycles. The molecule has 0 radical (unpaired) electrons. The number of hydrogen-bond acceptors (Lipinski definition) is 7. The van der Waals surface area contributed by atoms with Crippen LogP contribution in [0.2, 0.25) is 0 Å². The summed E-state index contributed by atoms with van der Waals surface area (Å²) in [5.41, 5.74) is 0.632. The number of carbonyl (C=O) groups is 2. The molecule has 0 atom stereocenters. The first-order valence-corrected chi connectivity index (χ1v) is 9.82. The highest BCUT2D eigenvalue weighted by Crippen LogP contribution is 2.26. The summed E-state index contributed by atoms with van der Waals surface area (Å²) in [6.07, 6.45) is 0.